The minimum Gasteiger partial charge on any atom is -0.361 e. The summed E-state index contributed by atoms with van der Waals surface area (Å²) in [6.07, 6.45) is 3.40. The number of nitrogens with one attached hydrogen (secondary N) is 1. The Balaban J connectivity index is 1.48. The van der Waals surface area contributed by atoms with E-state index in [2.05, 4.69) is 29.5 Å². The molecule has 132 valence electrons. The summed E-state index contributed by atoms with van der Waals surface area (Å²) in [5.41, 5.74) is 2.37. The predicted molar refractivity (Wildman–Crippen MR) is 94.3 cm³/mol. The van der Waals surface area contributed by atoms with E-state index in [1.54, 1.807) is 17.9 Å². The number of aryl methyl sites for hydroxylation is 2. The van der Waals surface area contributed by atoms with Crippen LogP contribution in [0.4, 0.5) is 5.69 Å². The van der Waals surface area contributed by atoms with Crippen LogP contribution in [0.15, 0.2) is 34.9 Å². The molecule has 1 aliphatic rings. The van der Waals surface area contributed by atoms with Gasteiger partial charge in [0.15, 0.2) is 5.69 Å². The highest BCUT2D eigenvalue weighted by Gasteiger charge is 2.37. The first-order valence-corrected chi connectivity index (χ1v) is 8.69. The molecule has 1 N–H and O–H groups in total. The first-order valence-electron chi connectivity index (χ1n) is 8.69. The molecule has 1 aromatic carbocycles. The van der Waals surface area contributed by atoms with Gasteiger partial charge in [-0.05, 0) is 37.5 Å². The van der Waals surface area contributed by atoms with Gasteiger partial charge in [-0.15, -0.1) is 0 Å². The zero-order valence-electron chi connectivity index (χ0n) is 14.6. The minimum atomic E-state index is -0.193. The van der Waals surface area contributed by atoms with Crippen molar-refractivity contribution in [3.05, 3.63) is 47.3 Å². The molecule has 0 bridgehead atoms. The Morgan fingerprint density at radius 1 is 1.28 bits per heavy atom. The standard InChI is InChI=1S/C19H23N3O3/c1-3-4-5-14-6-8-16(9-7-14)20-18(23)15-11-22(12-15)19(24)17-10-13(2)25-21-17/h6-10,15H,3-5,11-12H2,1-2H3,(H,20,23). The lowest BCUT2D eigenvalue weighted by molar-refractivity contribution is -0.123. The van der Waals surface area contributed by atoms with Crippen LogP contribution in [0.1, 0.15) is 41.6 Å². The third kappa shape index (κ3) is 4.07. The minimum absolute atomic E-state index is 0.0540. The maximum absolute atomic E-state index is 12.3. The highest BCUT2D eigenvalue weighted by atomic mass is 16.5. The number of likely N-dealkylation sites (tertiary alicyclic amines) is 1. The van der Waals surface area contributed by atoms with Crippen LogP contribution in [0.3, 0.4) is 0 Å². The highest BCUT2D eigenvalue weighted by Crippen LogP contribution is 2.21. The van der Waals surface area contributed by atoms with Gasteiger partial charge in [0.2, 0.25) is 5.91 Å². The van der Waals surface area contributed by atoms with Gasteiger partial charge in [-0.25, -0.2) is 0 Å². The number of rotatable bonds is 6. The van der Waals surface area contributed by atoms with E-state index in [0.717, 1.165) is 12.1 Å². The third-order valence-electron chi connectivity index (χ3n) is 4.43. The molecular formula is C19H23N3O3. The topological polar surface area (TPSA) is 75.4 Å². The summed E-state index contributed by atoms with van der Waals surface area (Å²) in [5, 5.41) is 6.64. The van der Waals surface area contributed by atoms with Crippen LogP contribution in [0.25, 0.3) is 0 Å². The summed E-state index contributed by atoms with van der Waals surface area (Å²) in [6.45, 7) is 4.73. The highest BCUT2D eigenvalue weighted by molar-refractivity contribution is 5.97. The van der Waals surface area contributed by atoms with Gasteiger partial charge < -0.3 is 14.7 Å². The maximum atomic E-state index is 12.3. The van der Waals surface area contributed by atoms with Gasteiger partial charge in [-0.1, -0.05) is 30.6 Å². The predicted octanol–water partition coefficient (Wildman–Crippen LogP) is 3.04. The molecule has 1 aliphatic heterocycles. The quantitative estimate of drug-likeness (QED) is 0.876. The fourth-order valence-electron chi connectivity index (χ4n) is 2.82. The Kier molecular flexibility index (Phi) is 5.16. The molecule has 2 amide bonds. The number of anilines is 1. The van der Waals surface area contributed by atoms with Crippen molar-refractivity contribution in [2.75, 3.05) is 18.4 Å². The Bertz CT molecular complexity index is 746. The van der Waals surface area contributed by atoms with Gasteiger partial charge >= 0.3 is 0 Å². The van der Waals surface area contributed by atoms with E-state index in [9.17, 15) is 9.59 Å². The summed E-state index contributed by atoms with van der Waals surface area (Å²) in [7, 11) is 0. The van der Waals surface area contributed by atoms with Crippen LogP contribution in [-0.2, 0) is 11.2 Å². The molecule has 0 unspecified atom stereocenters. The van der Waals surface area contributed by atoms with E-state index in [-0.39, 0.29) is 17.7 Å². The molecule has 25 heavy (non-hydrogen) atoms. The summed E-state index contributed by atoms with van der Waals surface area (Å²) < 4.78 is 4.91. The zero-order chi connectivity index (χ0) is 17.8. The van der Waals surface area contributed by atoms with Gasteiger partial charge in [0, 0.05) is 24.8 Å². The van der Waals surface area contributed by atoms with Crippen LogP contribution < -0.4 is 5.32 Å². The van der Waals surface area contributed by atoms with Gasteiger partial charge in [0.25, 0.3) is 5.91 Å². The van der Waals surface area contributed by atoms with E-state index in [4.69, 9.17) is 4.52 Å². The van der Waals surface area contributed by atoms with Crippen molar-refractivity contribution in [2.24, 2.45) is 5.92 Å². The number of hydrogen-bond donors (Lipinski definition) is 1. The smallest absolute Gasteiger partial charge is 0.276 e. The normalized spacial score (nSPS) is 14.2. The lowest BCUT2D eigenvalue weighted by Gasteiger charge is -2.37. The molecule has 1 fully saturated rings. The van der Waals surface area contributed by atoms with Crippen molar-refractivity contribution in [1.82, 2.24) is 10.1 Å². The van der Waals surface area contributed by atoms with Gasteiger partial charge in [-0.3, -0.25) is 9.59 Å². The van der Waals surface area contributed by atoms with Crippen molar-refractivity contribution < 1.29 is 14.1 Å². The maximum Gasteiger partial charge on any atom is 0.276 e. The molecule has 1 aromatic heterocycles. The number of nitrogens with zero attached hydrogens (tertiary/aromatic N) is 2. The number of aromatic nitrogens is 1. The average Bonchev–Trinajstić information content (AvgIpc) is 2.99. The second kappa shape index (κ2) is 7.51. The summed E-state index contributed by atoms with van der Waals surface area (Å²) in [4.78, 5) is 26.0. The lowest BCUT2D eigenvalue weighted by atomic mass is 9.98. The van der Waals surface area contributed by atoms with E-state index >= 15 is 0 Å². The molecule has 6 heteroatoms. The molecule has 3 rings (SSSR count). The van der Waals surface area contributed by atoms with Crippen molar-refractivity contribution in [3.63, 3.8) is 0 Å². The fraction of sp³-hybridized carbons (Fsp3) is 0.421. The fourth-order valence-corrected chi connectivity index (χ4v) is 2.82. The Morgan fingerprint density at radius 2 is 2.00 bits per heavy atom. The van der Waals surface area contributed by atoms with Crippen LogP contribution in [0.2, 0.25) is 0 Å². The van der Waals surface area contributed by atoms with E-state index < -0.39 is 0 Å². The average molecular weight is 341 g/mol. The second-order valence-electron chi connectivity index (χ2n) is 6.52. The van der Waals surface area contributed by atoms with Crippen molar-refractivity contribution in [1.29, 1.82) is 0 Å². The number of carbonyl (C=O) groups excluding carboxylic acids is 2. The zero-order valence-corrected chi connectivity index (χ0v) is 14.6. The second-order valence-corrected chi connectivity index (χ2v) is 6.52. The number of carbonyl (C=O) groups is 2. The molecule has 1 saturated heterocycles. The number of benzene rings is 1. The summed E-state index contributed by atoms with van der Waals surface area (Å²) >= 11 is 0. The largest absolute Gasteiger partial charge is 0.361 e. The van der Waals surface area contributed by atoms with Gasteiger partial charge in [0.05, 0.1) is 5.92 Å². The molecule has 0 radical (unpaired) electrons. The molecule has 0 atom stereocenters. The molecule has 2 heterocycles. The monoisotopic (exact) mass is 341 g/mol. The molecule has 0 spiro atoms. The van der Waals surface area contributed by atoms with Crippen LogP contribution in [0.5, 0.6) is 0 Å². The van der Waals surface area contributed by atoms with Crippen LogP contribution >= 0.6 is 0 Å². The van der Waals surface area contributed by atoms with Crippen LogP contribution in [0, 0.1) is 12.8 Å². The molecule has 0 saturated carbocycles. The van der Waals surface area contributed by atoms with Crippen molar-refractivity contribution >= 4 is 17.5 Å². The summed E-state index contributed by atoms with van der Waals surface area (Å²) in [5.74, 6) is 0.167. The number of amides is 2. The van der Waals surface area contributed by atoms with E-state index in [1.807, 2.05) is 12.1 Å². The van der Waals surface area contributed by atoms with Gasteiger partial charge in [-0.2, -0.15) is 0 Å². The van der Waals surface area contributed by atoms with Crippen molar-refractivity contribution in [2.45, 2.75) is 33.1 Å². The Morgan fingerprint density at radius 3 is 2.60 bits per heavy atom. The lowest BCUT2D eigenvalue weighted by Crippen LogP contribution is -2.54. The molecule has 6 nitrogen and oxygen atoms in total. The first kappa shape index (κ1) is 17.2. The Labute approximate surface area is 147 Å². The molecular weight excluding hydrogens is 318 g/mol. The van der Waals surface area contributed by atoms with Crippen molar-refractivity contribution in [3.8, 4) is 0 Å². The van der Waals surface area contributed by atoms with E-state index in [1.165, 1.54) is 18.4 Å². The summed E-state index contributed by atoms with van der Waals surface area (Å²) in [6, 6.07) is 9.57. The first-order chi connectivity index (χ1) is 12.1. The number of unbranched alkanes of at least 4 members (excludes halogenated alkanes) is 1. The van der Waals surface area contributed by atoms with Crippen LogP contribution in [-0.4, -0.2) is 35.0 Å². The molecule has 2 aromatic rings. The third-order valence-corrected chi connectivity index (χ3v) is 4.43. The SMILES string of the molecule is CCCCc1ccc(NC(=O)C2CN(C(=O)c3cc(C)on3)C2)cc1. The molecule has 0 aliphatic carbocycles. The van der Waals surface area contributed by atoms with Gasteiger partial charge in [0.1, 0.15) is 5.76 Å². The Hall–Kier alpha value is -2.63. The number of hydrogen-bond acceptors (Lipinski definition) is 4. The van der Waals surface area contributed by atoms with E-state index in [0.29, 0.717) is 24.5 Å².